The lowest BCUT2D eigenvalue weighted by molar-refractivity contribution is -0.118. The van der Waals surface area contributed by atoms with Gasteiger partial charge < -0.3 is 10.3 Å². The van der Waals surface area contributed by atoms with Crippen molar-refractivity contribution in [2.45, 2.75) is 6.54 Å². The average Bonchev–Trinajstić information content (AvgIpc) is 2.18. The summed E-state index contributed by atoms with van der Waals surface area (Å²) in [5.41, 5.74) is 5.01. The molecular formula is C5H5I2N3O. The number of rotatable bonds is 2. The van der Waals surface area contributed by atoms with E-state index in [0.29, 0.717) is 0 Å². The predicted molar refractivity (Wildman–Crippen MR) is 56.9 cm³/mol. The maximum Gasteiger partial charge on any atom is 0.237 e. The van der Waals surface area contributed by atoms with Gasteiger partial charge in [0.05, 0.1) is 6.33 Å². The Morgan fingerprint density at radius 2 is 2.36 bits per heavy atom. The third-order valence-corrected chi connectivity index (χ3v) is 4.01. The van der Waals surface area contributed by atoms with Gasteiger partial charge in [0.25, 0.3) is 0 Å². The van der Waals surface area contributed by atoms with E-state index in [1.54, 1.807) is 10.9 Å². The summed E-state index contributed by atoms with van der Waals surface area (Å²) in [5, 5.41) is 0. The zero-order chi connectivity index (χ0) is 8.43. The van der Waals surface area contributed by atoms with Crippen molar-refractivity contribution in [3.05, 3.63) is 13.7 Å². The molecule has 0 bridgehead atoms. The number of nitrogens with two attached hydrogens (primary N) is 1. The maximum absolute atomic E-state index is 10.5. The minimum absolute atomic E-state index is 0.203. The summed E-state index contributed by atoms with van der Waals surface area (Å²) in [6.07, 6.45) is 1.61. The third kappa shape index (κ3) is 2.29. The van der Waals surface area contributed by atoms with Crippen molar-refractivity contribution in [2.75, 3.05) is 0 Å². The number of amides is 1. The second-order valence-corrected chi connectivity index (χ2v) is 3.96. The van der Waals surface area contributed by atoms with E-state index in [1.165, 1.54) is 0 Å². The van der Waals surface area contributed by atoms with Crippen LogP contribution >= 0.6 is 45.2 Å². The Kier molecular flexibility index (Phi) is 3.10. The lowest BCUT2D eigenvalue weighted by Gasteiger charge is -1.98. The van der Waals surface area contributed by atoms with Crippen LogP contribution in [0.1, 0.15) is 0 Å². The second-order valence-electron chi connectivity index (χ2n) is 1.92. The molecule has 2 N–H and O–H groups in total. The van der Waals surface area contributed by atoms with Crippen molar-refractivity contribution >= 4 is 51.1 Å². The number of nitrogens with zero attached hydrogens (tertiary/aromatic N) is 2. The molecule has 0 fully saturated rings. The Morgan fingerprint density at radius 1 is 1.73 bits per heavy atom. The monoisotopic (exact) mass is 377 g/mol. The van der Waals surface area contributed by atoms with Gasteiger partial charge in [0, 0.05) is 0 Å². The zero-order valence-electron chi connectivity index (χ0n) is 5.42. The normalized spacial score (nSPS) is 10.0. The molecule has 1 aromatic heterocycles. The number of aromatic nitrogens is 2. The van der Waals surface area contributed by atoms with E-state index in [0.717, 1.165) is 7.40 Å². The van der Waals surface area contributed by atoms with E-state index >= 15 is 0 Å². The lowest BCUT2D eigenvalue weighted by atomic mass is 10.6. The molecule has 11 heavy (non-hydrogen) atoms. The van der Waals surface area contributed by atoms with Crippen molar-refractivity contribution in [2.24, 2.45) is 5.73 Å². The highest BCUT2D eigenvalue weighted by atomic mass is 127. The molecule has 0 saturated heterocycles. The van der Waals surface area contributed by atoms with Gasteiger partial charge >= 0.3 is 0 Å². The van der Waals surface area contributed by atoms with Gasteiger partial charge in [0.15, 0.2) is 0 Å². The van der Waals surface area contributed by atoms with E-state index in [9.17, 15) is 4.79 Å². The predicted octanol–water partition coefficient (Wildman–Crippen LogP) is 0.578. The highest BCUT2D eigenvalue weighted by molar-refractivity contribution is 14.1. The number of halogens is 2. The number of hydrogen-bond acceptors (Lipinski definition) is 2. The fourth-order valence-corrected chi connectivity index (χ4v) is 1.49. The van der Waals surface area contributed by atoms with Crippen LogP contribution in [0.15, 0.2) is 6.33 Å². The molecule has 4 nitrogen and oxygen atoms in total. The highest BCUT2D eigenvalue weighted by Crippen LogP contribution is 2.12. The van der Waals surface area contributed by atoms with Crippen LogP contribution in [0, 0.1) is 7.40 Å². The molecule has 60 valence electrons. The second kappa shape index (κ2) is 3.70. The smallest absolute Gasteiger partial charge is 0.237 e. The van der Waals surface area contributed by atoms with Crippen LogP contribution in [0.3, 0.4) is 0 Å². The van der Waals surface area contributed by atoms with Gasteiger partial charge in [0.1, 0.15) is 13.9 Å². The van der Waals surface area contributed by atoms with Gasteiger partial charge in [-0.25, -0.2) is 4.98 Å². The Bertz CT molecular complexity index is 283. The molecule has 0 atom stereocenters. The molecule has 1 amide bonds. The van der Waals surface area contributed by atoms with Crippen molar-refractivity contribution in [1.29, 1.82) is 0 Å². The minimum Gasteiger partial charge on any atom is -0.368 e. The molecule has 0 aromatic carbocycles. The summed E-state index contributed by atoms with van der Waals surface area (Å²) in [6.45, 7) is 0.203. The fourth-order valence-electron chi connectivity index (χ4n) is 0.621. The van der Waals surface area contributed by atoms with Gasteiger partial charge in [-0.1, -0.05) is 0 Å². The molecule has 0 aliphatic heterocycles. The maximum atomic E-state index is 10.5. The first-order chi connectivity index (χ1) is 5.11. The number of carbonyl (C=O) groups excluding carboxylic acids is 1. The standard InChI is InChI=1S/C5H5I2N3O/c6-4-5(7)10(2-9-4)1-3(8)11/h2H,1H2,(H2,8,11). The third-order valence-electron chi connectivity index (χ3n) is 1.06. The molecule has 0 unspecified atom stereocenters. The van der Waals surface area contributed by atoms with Crippen LogP contribution in [0.2, 0.25) is 0 Å². The Labute approximate surface area is 90.8 Å². The summed E-state index contributed by atoms with van der Waals surface area (Å²) < 4.78 is 3.55. The molecule has 1 heterocycles. The zero-order valence-corrected chi connectivity index (χ0v) is 9.74. The minimum atomic E-state index is -0.350. The number of imidazole rings is 1. The molecular weight excluding hydrogens is 372 g/mol. The Hall–Kier alpha value is 0.140. The molecule has 0 saturated carbocycles. The Morgan fingerprint density at radius 3 is 2.73 bits per heavy atom. The van der Waals surface area contributed by atoms with Crippen LogP contribution in [0.5, 0.6) is 0 Å². The molecule has 0 aliphatic rings. The van der Waals surface area contributed by atoms with Gasteiger partial charge in [-0.15, -0.1) is 0 Å². The lowest BCUT2D eigenvalue weighted by Crippen LogP contribution is -2.18. The number of hydrogen-bond donors (Lipinski definition) is 1. The van der Waals surface area contributed by atoms with Crippen LogP contribution in [-0.2, 0) is 11.3 Å². The molecule has 1 rings (SSSR count). The van der Waals surface area contributed by atoms with Crippen LogP contribution < -0.4 is 5.73 Å². The molecule has 6 heteroatoms. The van der Waals surface area contributed by atoms with E-state index in [2.05, 4.69) is 50.2 Å². The van der Waals surface area contributed by atoms with Crippen LogP contribution in [-0.4, -0.2) is 15.5 Å². The molecule has 0 spiro atoms. The summed E-state index contributed by atoms with van der Waals surface area (Å²) in [6, 6.07) is 0. The van der Waals surface area contributed by atoms with Gasteiger partial charge in [-0.05, 0) is 45.2 Å². The van der Waals surface area contributed by atoms with Crippen molar-refractivity contribution in [3.8, 4) is 0 Å². The van der Waals surface area contributed by atoms with Gasteiger partial charge in [-0.3, -0.25) is 4.79 Å². The van der Waals surface area contributed by atoms with Gasteiger partial charge in [-0.2, -0.15) is 0 Å². The quantitative estimate of drug-likeness (QED) is 0.767. The van der Waals surface area contributed by atoms with Crippen LogP contribution in [0.25, 0.3) is 0 Å². The van der Waals surface area contributed by atoms with Crippen molar-refractivity contribution < 1.29 is 4.79 Å². The summed E-state index contributed by atoms with van der Waals surface area (Å²) in [7, 11) is 0. The van der Waals surface area contributed by atoms with E-state index in [-0.39, 0.29) is 12.5 Å². The van der Waals surface area contributed by atoms with Crippen molar-refractivity contribution in [3.63, 3.8) is 0 Å². The van der Waals surface area contributed by atoms with Gasteiger partial charge in [0.2, 0.25) is 5.91 Å². The SMILES string of the molecule is NC(=O)Cn1cnc(I)c1I. The first-order valence-electron chi connectivity index (χ1n) is 2.75. The summed E-state index contributed by atoms with van der Waals surface area (Å²) in [4.78, 5) is 14.5. The van der Waals surface area contributed by atoms with E-state index < -0.39 is 0 Å². The number of carbonyl (C=O) groups is 1. The van der Waals surface area contributed by atoms with E-state index in [1.807, 2.05) is 0 Å². The fraction of sp³-hybridized carbons (Fsp3) is 0.200. The molecule has 0 aliphatic carbocycles. The topological polar surface area (TPSA) is 60.9 Å². The summed E-state index contributed by atoms with van der Waals surface area (Å²) in [5.74, 6) is -0.350. The number of primary amides is 1. The highest BCUT2D eigenvalue weighted by Gasteiger charge is 2.05. The first kappa shape index (κ1) is 9.23. The first-order valence-corrected chi connectivity index (χ1v) is 4.91. The van der Waals surface area contributed by atoms with E-state index in [4.69, 9.17) is 5.73 Å². The molecule has 1 aromatic rings. The average molecular weight is 377 g/mol. The van der Waals surface area contributed by atoms with Crippen molar-refractivity contribution in [1.82, 2.24) is 9.55 Å². The Balaban J connectivity index is 2.87. The molecule has 0 radical (unpaired) electrons. The van der Waals surface area contributed by atoms with Crippen LogP contribution in [0.4, 0.5) is 0 Å². The largest absolute Gasteiger partial charge is 0.368 e. The summed E-state index contributed by atoms with van der Waals surface area (Å²) >= 11 is 4.22.